The van der Waals surface area contributed by atoms with Crippen LogP contribution >= 0.6 is 0 Å². The summed E-state index contributed by atoms with van der Waals surface area (Å²) in [5.74, 6) is 0.0468. The van der Waals surface area contributed by atoms with Crippen molar-refractivity contribution in [1.82, 2.24) is 5.32 Å². The first-order valence-electron chi connectivity index (χ1n) is 6.44. The van der Waals surface area contributed by atoms with E-state index in [1.165, 1.54) is 0 Å². The second-order valence-electron chi connectivity index (χ2n) is 4.25. The van der Waals surface area contributed by atoms with E-state index in [-0.39, 0.29) is 5.91 Å². The molecule has 1 rings (SSSR count). The maximum Gasteiger partial charge on any atom is 0.239 e. The molecule has 0 radical (unpaired) electrons. The highest BCUT2D eigenvalue weighted by atomic mass is 16.2. The molecule has 0 aromatic heterocycles. The van der Waals surface area contributed by atoms with E-state index in [0.29, 0.717) is 19.6 Å². The standard InChI is InChI=1S/C14H23N3O/c1-4-16-13(18)10-17(5-2)14-11(3)7-6-8-12(14)9-15/h6-8H,4-5,9-10,15H2,1-3H3,(H,16,18). The van der Waals surface area contributed by atoms with E-state index < -0.39 is 0 Å². The van der Waals surface area contributed by atoms with Gasteiger partial charge >= 0.3 is 0 Å². The molecule has 0 fully saturated rings. The van der Waals surface area contributed by atoms with Gasteiger partial charge in [0.2, 0.25) is 5.91 Å². The Labute approximate surface area is 109 Å². The molecule has 1 aromatic carbocycles. The van der Waals surface area contributed by atoms with Crippen molar-refractivity contribution < 1.29 is 4.79 Å². The van der Waals surface area contributed by atoms with Gasteiger partial charge in [0.15, 0.2) is 0 Å². The predicted molar refractivity (Wildman–Crippen MR) is 75.6 cm³/mol. The van der Waals surface area contributed by atoms with Crippen molar-refractivity contribution in [2.24, 2.45) is 5.73 Å². The molecule has 1 amide bonds. The second kappa shape index (κ2) is 7.01. The first kappa shape index (κ1) is 14.5. The topological polar surface area (TPSA) is 58.4 Å². The molecule has 0 heterocycles. The lowest BCUT2D eigenvalue weighted by Crippen LogP contribution is -2.38. The number of carbonyl (C=O) groups is 1. The number of rotatable bonds is 6. The van der Waals surface area contributed by atoms with Crippen LogP contribution in [0.4, 0.5) is 5.69 Å². The molecule has 18 heavy (non-hydrogen) atoms. The SMILES string of the molecule is CCNC(=O)CN(CC)c1c(C)cccc1CN. The lowest BCUT2D eigenvalue weighted by atomic mass is 10.1. The summed E-state index contributed by atoms with van der Waals surface area (Å²) in [5.41, 5.74) is 9.11. The Kier molecular flexibility index (Phi) is 5.65. The number of anilines is 1. The number of hydrogen-bond acceptors (Lipinski definition) is 3. The van der Waals surface area contributed by atoms with Crippen LogP contribution in [0.25, 0.3) is 0 Å². The van der Waals surface area contributed by atoms with Gasteiger partial charge in [-0.05, 0) is 31.9 Å². The van der Waals surface area contributed by atoms with Gasteiger partial charge in [0, 0.05) is 25.3 Å². The van der Waals surface area contributed by atoms with E-state index in [4.69, 9.17) is 5.73 Å². The fraction of sp³-hybridized carbons (Fsp3) is 0.500. The minimum Gasteiger partial charge on any atom is -0.362 e. The molecule has 0 saturated heterocycles. The lowest BCUT2D eigenvalue weighted by Gasteiger charge is -2.26. The average Bonchev–Trinajstić information content (AvgIpc) is 2.36. The highest BCUT2D eigenvalue weighted by Gasteiger charge is 2.14. The Balaban J connectivity index is 2.97. The van der Waals surface area contributed by atoms with Crippen LogP contribution in [-0.2, 0) is 11.3 Å². The molecule has 0 aliphatic heterocycles. The molecule has 0 saturated carbocycles. The number of carbonyl (C=O) groups excluding carboxylic acids is 1. The van der Waals surface area contributed by atoms with Gasteiger partial charge in [-0.3, -0.25) is 4.79 Å². The smallest absolute Gasteiger partial charge is 0.239 e. The van der Waals surface area contributed by atoms with Crippen molar-refractivity contribution in [3.63, 3.8) is 0 Å². The zero-order valence-electron chi connectivity index (χ0n) is 11.5. The molecule has 0 aliphatic carbocycles. The van der Waals surface area contributed by atoms with Gasteiger partial charge in [0.25, 0.3) is 0 Å². The summed E-state index contributed by atoms with van der Waals surface area (Å²) in [4.78, 5) is 13.8. The summed E-state index contributed by atoms with van der Waals surface area (Å²) in [6, 6.07) is 6.07. The van der Waals surface area contributed by atoms with Crippen LogP contribution in [0.15, 0.2) is 18.2 Å². The molecule has 100 valence electrons. The predicted octanol–water partition coefficient (Wildman–Crippen LogP) is 1.42. The monoisotopic (exact) mass is 249 g/mol. The van der Waals surface area contributed by atoms with Crippen molar-refractivity contribution in [2.75, 3.05) is 24.5 Å². The number of amides is 1. The van der Waals surface area contributed by atoms with Gasteiger partial charge in [-0.1, -0.05) is 18.2 Å². The number of hydrogen-bond donors (Lipinski definition) is 2. The van der Waals surface area contributed by atoms with Crippen molar-refractivity contribution in [1.29, 1.82) is 0 Å². The van der Waals surface area contributed by atoms with Crippen molar-refractivity contribution in [3.05, 3.63) is 29.3 Å². The summed E-state index contributed by atoms with van der Waals surface area (Å²) < 4.78 is 0. The normalized spacial score (nSPS) is 10.2. The Hall–Kier alpha value is -1.55. The van der Waals surface area contributed by atoms with Crippen LogP contribution in [0.1, 0.15) is 25.0 Å². The van der Waals surface area contributed by atoms with Gasteiger partial charge in [-0.25, -0.2) is 0 Å². The molecule has 0 aliphatic rings. The molecular weight excluding hydrogens is 226 g/mol. The summed E-state index contributed by atoms with van der Waals surface area (Å²) in [7, 11) is 0. The largest absolute Gasteiger partial charge is 0.362 e. The fourth-order valence-corrected chi connectivity index (χ4v) is 2.11. The summed E-state index contributed by atoms with van der Waals surface area (Å²) >= 11 is 0. The molecule has 0 bridgehead atoms. The number of benzene rings is 1. The van der Waals surface area contributed by atoms with Crippen LogP contribution in [0.2, 0.25) is 0 Å². The first-order chi connectivity index (χ1) is 8.63. The van der Waals surface area contributed by atoms with Crippen molar-refractivity contribution in [3.8, 4) is 0 Å². The van der Waals surface area contributed by atoms with Gasteiger partial charge in [-0.2, -0.15) is 0 Å². The summed E-state index contributed by atoms with van der Waals surface area (Å²) in [5, 5.41) is 2.83. The van der Waals surface area contributed by atoms with Crippen molar-refractivity contribution >= 4 is 11.6 Å². The Morgan fingerprint density at radius 3 is 2.67 bits per heavy atom. The molecule has 0 spiro atoms. The van der Waals surface area contributed by atoms with Crippen molar-refractivity contribution in [2.45, 2.75) is 27.3 Å². The number of nitrogens with two attached hydrogens (primary N) is 1. The van der Waals surface area contributed by atoms with Crippen LogP contribution in [0.3, 0.4) is 0 Å². The Bertz CT molecular complexity index is 404. The second-order valence-corrected chi connectivity index (χ2v) is 4.25. The minimum absolute atomic E-state index is 0.0468. The Morgan fingerprint density at radius 2 is 2.11 bits per heavy atom. The molecule has 4 heteroatoms. The van der Waals surface area contributed by atoms with Gasteiger partial charge < -0.3 is 16.0 Å². The molecular formula is C14H23N3O. The third-order valence-electron chi connectivity index (χ3n) is 2.95. The van der Waals surface area contributed by atoms with Crippen LogP contribution in [0.5, 0.6) is 0 Å². The van der Waals surface area contributed by atoms with Gasteiger partial charge in [0.1, 0.15) is 0 Å². The molecule has 0 atom stereocenters. The van der Waals surface area contributed by atoms with Crippen LogP contribution in [0, 0.1) is 6.92 Å². The van der Waals surface area contributed by atoms with E-state index >= 15 is 0 Å². The van der Waals surface area contributed by atoms with Gasteiger partial charge in [-0.15, -0.1) is 0 Å². The molecule has 1 aromatic rings. The highest BCUT2D eigenvalue weighted by molar-refractivity contribution is 5.82. The molecule has 3 N–H and O–H groups in total. The maximum absolute atomic E-state index is 11.7. The lowest BCUT2D eigenvalue weighted by molar-refractivity contribution is -0.119. The minimum atomic E-state index is 0.0468. The highest BCUT2D eigenvalue weighted by Crippen LogP contribution is 2.24. The van der Waals surface area contributed by atoms with E-state index in [0.717, 1.165) is 23.4 Å². The number of nitrogens with one attached hydrogen (secondary N) is 1. The summed E-state index contributed by atoms with van der Waals surface area (Å²) in [6.45, 7) is 8.34. The quantitative estimate of drug-likeness (QED) is 0.801. The third kappa shape index (κ3) is 3.47. The zero-order valence-corrected chi connectivity index (χ0v) is 11.5. The Morgan fingerprint density at radius 1 is 1.39 bits per heavy atom. The van der Waals surface area contributed by atoms with Crippen LogP contribution in [-0.4, -0.2) is 25.5 Å². The van der Waals surface area contributed by atoms with E-state index in [1.54, 1.807) is 0 Å². The maximum atomic E-state index is 11.7. The van der Waals surface area contributed by atoms with Gasteiger partial charge in [0.05, 0.1) is 6.54 Å². The van der Waals surface area contributed by atoms with E-state index in [1.807, 2.05) is 26.0 Å². The van der Waals surface area contributed by atoms with E-state index in [9.17, 15) is 4.79 Å². The molecule has 4 nitrogen and oxygen atoms in total. The van der Waals surface area contributed by atoms with Crippen LogP contribution < -0.4 is 16.0 Å². The first-order valence-corrected chi connectivity index (χ1v) is 6.44. The molecule has 0 unspecified atom stereocenters. The third-order valence-corrected chi connectivity index (χ3v) is 2.95. The number of likely N-dealkylation sites (N-methyl/N-ethyl adjacent to an activating group) is 2. The average molecular weight is 249 g/mol. The number of nitrogens with zero attached hydrogens (tertiary/aromatic N) is 1. The number of aryl methyl sites for hydroxylation is 1. The summed E-state index contributed by atoms with van der Waals surface area (Å²) in [6.07, 6.45) is 0. The van der Waals surface area contributed by atoms with E-state index in [2.05, 4.69) is 23.2 Å². The zero-order chi connectivity index (χ0) is 13.5. The fourth-order valence-electron chi connectivity index (χ4n) is 2.11. The number of para-hydroxylation sites is 1.